The fraction of sp³-hybridized carbons (Fsp3) is 0.278. The third kappa shape index (κ3) is 9.10. The number of hydrogen-bond donors (Lipinski definition) is 1. The SMILES string of the molecule is COc1ccc(S(=O)(=O)N(CC(=O)N(Cc2ccccc2)[C@@H](Cc2ccccc2)C(=O)NCC(C)C)c2ccc(F)cc2)cc1OC. The van der Waals surface area contributed by atoms with Crippen molar-refractivity contribution in [1.82, 2.24) is 10.2 Å². The van der Waals surface area contributed by atoms with Gasteiger partial charge < -0.3 is 19.7 Å². The summed E-state index contributed by atoms with van der Waals surface area (Å²) in [5.74, 6) is -0.893. The Bertz CT molecular complexity index is 1740. The van der Waals surface area contributed by atoms with E-state index in [1.807, 2.05) is 74.5 Å². The normalized spacial score (nSPS) is 11.9. The Hall–Kier alpha value is -4.90. The number of amides is 2. The van der Waals surface area contributed by atoms with Crippen molar-refractivity contribution in [3.05, 3.63) is 120 Å². The summed E-state index contributed by atoms with van der Waals surface area (Å²) in [6.07, 6.45) is 0.197. The van der Waals surface area contributed by atoms with Gasteiger partial charge in [0, 0.05) is 25.6 Å². The number of nitrogens with zero attached hydrogens (tertiary/aromatic N) is 2. The van der Waals surface area contributed by atoms with Gasteiger partial charge in [-0.1, -0.05) is 74.5 Å². The van der Waals surface area contributed by atoms with Crippen LogP contribution in [0.2, 0.25) is 0 Å². The van der Waals surface area contributed by atoms with Crippen LogP contribution in [0.1, 0.15) is 25.0 Å². The summed E-state index contributed by atoms with van der Waals surface area (Å²) >= 11 is 0. The van der Waals surface area contributed by atoms with Gasteiger partial charge in [0.1, 0.15) is 18.4 Å². The van der Waals surface area contributed by atoms with E-state index in [-0.39, 0.29) is 41.1 Å². The second-order valence-electron chi connectivity index (χ2n) is 11.4. The van der Waals surface area contributed by atoms with Crippen LogP contribution < -0.4 is 19.1 Å². The highest BCUT2D eigenvalue weighted by Crippen LogP contribution is 2.32. The van der Waals surface area contributed by atoms with Crippen molar-refractivity contribution >= 4 is 27.5 Å². The zero-order valence-electron chi connectivity index (χ0n) is 26.9. The summed E-state index contributed by atoms with van der Waals surface area (Å²) in [5.41, 5.74) is 1.65. The molecule has 4 rings (SSSR count). The Morgan fingerprint density at radius 2 is 1.40 bits per heavy atom. The van der Waals surface area contributed by atoms with Crippen LogP contribution in [-0.4, -0.2) is 58.5 Å². The van der Waals surface area contributed by atoms with Gasteiger partial charge in [-0.2, -0.15) is 0 Å². The summed E-state index contributed by atoms with van der Waals surface area (Å²) in [6, 6.07) is 26.5. The Balaban J connectivity index is 1.80. The van der Waals surface area contributed by atoms with Gasteiger partial charge in [0.05, 0.1) is 24.8 Å². The molecule has 0 bridgehead atoms. The van der Waals surface area contributed by atoms with Crippen LogP contribution in [0.25, 0.3) is 0 Å². The van der Waals surface area contributed by atoms with Gasteiger partial charge in [-0.25, -0.2) is 12.8 Å². The highest BCUT2D eigenvalue weighted by atomic mass is 32.2. The maximum Gasteiger partial charge on any atom is 0.264 e. The highest BCUT2D eigenvalue weighted by molar-refractivity contribution is 7.92. The molecule has 0 aliphatic heterocycles. The second kappa shape index (κ2) is 16.1. The number of methoxy groups -OCH3 is 2. The number of nitrogens with one attached hydrogen (secondary N) is 1. The molecule has 0 saturated heterocycles. The molecule has 4 aromatic rings. The molecular formula is C36H40FN3O6S. The molecule has 0 unspecified atom stereocenters. The predicted octanol–water partition coefficient (Wildman–Crippen LogP) is 5.45. The maximum atomic E-state index is 14.5. The molecule has 2 amide bonds. The van der Waals surface area contributed by atoms with Gasteiger partial charge >= 0.3 is 0 Å². The summed E-state index contributed by atoms with van der Waals surface area (Å²) < 4.78 is 54.0. The average molecular weight is 662 g/mol. The van der Waals surface area contributed by atoms with Gasteiger partial charge in [0.25, 0.3) is 10.0 Å². The summed E-state index contributed by atoms with van der Waals surface area (Å²) in [7, 11) is -1.61. The van der Waals surface area contributed by atoms with E-state index in [1.54, 1.807) is 0 Å². The fourth-order valence-electron chi connectivity index (χ4n) is 5.00. The Morgan fingerprint density at radius 3 is 1.98 bits per heavy atom. The Kier molecular flexibility index (Phi) is 12.0. The molecule has 4 aromatic carbocycles. The molecule has 0 saturated carbocycles. The number of carbonyl (C=O) groups is 2. The molecule has 0 aliphatic carbocycles. The first kappa shape index (κ1) is 35.0. The molecule has 1 N–H and O–H groups in total. The number of benzene rings is 4. The van der Waals surface area contributed by atoms with E-state index >= 15 is 0 Å². The van der Waals surface area contributed by atoms with Crippen molar-refractivity contribution in [2.24, 2.45) is 5.92 Å². The van der Waals surface area contributed by atoms with Gasteiger partial charge in [-0.05, 0) is 53.4 Å². The lowest BCUT2D eigenvalue weighted by Crippen LogP contribution is -2.53. The van der Waals surface area contributed by atoms with E-state index in [1.165, 1.54) is 49.5 Å². The van der Waals surface area contributed by atoms with Crippen LogP contribution in [0.15, 0.2) is 108 Å². The number of carbonyl (C=O) groups excluding carboxylic acids is 2. The zero-order chi connectivity index (χ0) is 34.0. The maximum absolute atomic E-state index is 14.5. The van der Waals surface area contributed by atoms with Gasteiger partial charge in [0.2, 0.25) is 11.8 Å². The minimum Gasteiger partial charge on any atom is -0.493 e. The van der Waals surface area contributed by atoms with E-state index in [0.29, 0.717) is 12.3 Å². The quantitative estimate of drug-likeness (QED) is 0.182. The Labute approximate surface area is 276 Å². The fourth-order valence-corrected chi connectivity index (χ4v) is 6.43. The van der Waals surface area contributed by atoms with Crippen LogP contribution in [-0.2, 0) is 32.6 Å². The lowest BCUT2D eigenvalue weighted by atomic mass is 10.0. The van der Waals surface area contributed by atoms with Crippen molar-refractivity contribution in [1.29, 1.82) is 0 Å². The lowest BCUT2D eigenvalue weighted by Gasteiger charge is -2.34. The molecule has 1 atom stereocenters. The number of ether oxygens (including phenoxy) is 2. The average Bonchev–Trinajstić information content (AvgIpc) is 3.08. The van der Waals surface area contributed by atoms with Crippen LogP contribution in [0.5, 0.6) is 11.5 Å². The van der Waals surface area contributed by atoms with Crippen molar-refractivity contribution in [2.75, 3.05) is 31.6 Å². The largest absolute Gasteiger partial charge is 0.493 e. The van der Waals surface area contributed by atoms with E-state index in [9.17, 15) is 22.4 Å². The van der Waals surface area contributed by atoms with E-state index in [2.05, 4.69) is 5.32 Å². The monoisotopic (exact) mass is 661 g/mol. The minimum atomic E-state index is -4.43. The molecule has 11 heteroatoms. The molecule has 0 fully saturated rings. The third-order valence-electron chi connectivity index (χ3n) is 7.49. The molecule has 47 heavy (non-hydrogen) atoms. The first-order valence-electron chi connectivity index (χ1n) is 15.2. The van der Waals surface area contributed by atoms with Gasteiger partial charge in [-0.15, -0.1) is 0 Å². The van der Waals surface area contributed by atoms with E-state index in [0.717, 1.165) is 27.6 Å². The molecule has 0 aliphatic rings. The van der Waals surface area contributed by atoms with Crippen molar-refractivity contribution in [3.8, 4) is 11.5 Å². The first-order valence-corrected chi connectivity index (χ1v) is 16.6. The van der Waals surface area contributed by atoms with Crippen LogP contribution in [0, 0.1) is 11.7 Å². The standard InChI is InChI=1S/C36H40FN3O6S/c1-26(2)23-38-36(42)32(21-27-11-7-5-8-12-27)39(24-28-13-9-6-10-14-28)35(41)25-40(30-17-15-29(37)16-18-30)47(43,44)31-19-20-33(45-3)34(22-31)46-4/h5-20,22,26,32H,21,23-25H2,1-4H3,(H,38,42)/t32-/m0/s1. The number of anilines is 1. The van der Waals surface area contributed by atoms with Gasteiger partial charge in [0.15, 0.2) is 11.5 Å². The number of hydrogen-bond acceptors (Lipinski definition) is 6. The second-order valence-corrected chi connectivity index (χ2v) is 13.2. The van der Waals surface area contributed by atoms with Crippen LogP contribution >= 0.6 is 0 Å². The predicted molar refractivity (Wildman–Crippen MR) is 179 cm³/mol. The molecule has 0 aromatic heterocycles. The molecular weight excluding hydrogens is 621 g/mol. The van der Waals surface area contributed by atoms with E-state index in [4.69, 9.17) is 9.47 Å². The minimum absolute atomic E-state index is 0.0416. The first-order chi connectivity index (χ1) is 22.5. The van der Waals surface area contributed by atoms with E-state index < -0.39 is 34.3 Å². The molecule has 0 heterocycles. The van der Waals surface area contributed by atoms with Crippen LogP contribution in [0.4, 0.5) is 10.1 Å². The number of sulfonamides is 1. The summed E-state index contributed by atoms with van der Waals surface area (Å²) in [5, 5.41) is 2.96. The molecule has 0 spiro atoms. The van der Waals surface area contributed by atoms with Crippen molar-refractivity contribution < 1.29 is 31.9 Å². The lowest BCUT2D eigenvalue weighted by molar-refractivity contribution is -0.140. The topological polar surface area (TPSA) is 105 Å². The third-order valence-corrected chi connectivity index (χ3v) is 9.26. The number of halogens is 1. The smallest absolute Gasteiger partial charge is 0.264 e. The highest BCUT2D eigenvalue weighted by Gasteiger charge is 2.35. The van der Waals surface area contributed by atoms with Crippen molar-refractivity contribution in [2.45, 2.75) is 37.8 Å². The Morgan fingerprint density at radius 1 is 0.809 bits per heavy atom. The zero-order valence-corrected chi connectivity index (χ0v) is 27.7. The summed E-state index contributed by atoms with van der Waals surface area (Å²) in [4.78, 5) is 29.6. The van der Waals surface area contributed by atoms with Crippen molar-refractivity contribution in [3.63, 3.8) is 0 Å². The summed E-state index contributed by atoms with van der Waals surface area (Å²) in [6.45, 7) is 3.71. The molecule has 0 radical (unpaired) electrons. The molecule has 9 nitrogen and oxygen atoms in total. The van der Waals surface area contributed by atoms with Crippen LogP contribution in [0.3, 0.4) is 0 Å². The van der Waals surface area contributed by atoms with Gasteiger partial charge in [-0.3, -0.25) is 13.9 Å². The number of rotatable bonds is 15. The molecule has 248 valence electrons.